The number of furan rings is 1. The lowest BCUT2D eigenvalue weighted by Gasteiger charge is -2.30. The second kappa shape index (κ2) is 10.3. The zero-order valence-corrected chi connectivity index (χ0v) is 19.7. The fourth-order valence-electron chi connectivity index (χ4n) is 3.78. The van der Waals surface area contributed by atoms with Crippen molar-refractivity contribution in [2.24, 2.45) is 0 Å². The summed E-state index contributed by atoms with van der Waals surface area (Å²) in [5.74, 6) is 0.885. The van der Waals surface area contributed by atoms with Crippen LogP contribution in [0, 0.1) is 0 Å². The molecular weight excluding hydrogens is 477 g/mol. The zero-order valence-electron chi connectivity index (χ0n) is 19.7. The highest BCUT2D eigenvalue weighted by Crippen LogP contribution is 2.33. The Kier molecular flexibility index (Phi) is 7.23. The molecule has 0 aliphatic carbocycles. The number of rotatable bonds is 8. The van der Waals surface area contributed by atoms with E-state index in [1.165, 1.54) is 11.2 Å². The first kappa shape index (κ1) is 25.2. The number of carbonyl (C=O) groups is 2. The van der Waals surface area contributed by atoms with E-state index >= 15 is 0 Å². The van der Waals surface area contributed by atoms with E-state index < -0.39 is 17.6 Å². The third kappa shape index (κ3) is 5.81. The van der Waals surface area contributed by atoms with Gasteiger partial charge in [0.25, 0.3) is 5.91 Å². The van der Waals surface area contributed by atoms with Gasteiger partial charge in [-0.15, -0.1) is 0 Å². The highest BCUT2D eigenvalue weighted by Gasteiger charge is 2.31. The Morgan fingerprint density at radius 1 is 0.972 bits per heavy atom. The van der Waals surface area contributed by atoms with Gasteiger partial charge in [0, 0.05) is 18.2 Å². The molecule has 7 nitrogen and oxygen atoms in total. The topological polar surface area (TPSA) is 72.2 Å². The van der Waals surface area contributed by atoms with Crippen LogP contribution in [-0.2, 0) is 24.1 Å². The van der Waals surface area contributed by atoms with Gasteiger partial charge in [-0.25, -0.2) is 0 Å². The highest BCUT2D eigenvalue weighted by molar-refractivity contribution is 5.96. The number of hydrogen-bond donors (Lipinski definition) is 0. The van der Waals surface area contributed by atoms with Crippen LogP contribution in [0.3, 0.4) is 0 Å². The maximum Gasteiger partial charge on any atom is 0.416 e. The molecule has 0 saturated heterocycles. The summed E-state index contributed by atoms with van der Waals surface area (Å²) in [4.78, 5) is 29.4. The predicted octanol–water partition coefficient (Wildman–Crippen LogP) is 5.11. The first-order chi connectivity index (χ1) is 17.1. The summed E-state index contributed by atoms with van der Waals surface area (Å²) in [6, 6.07) is 12.4. The number of carbonyl (C=O) groups excluding carboxylic acids is 2. The van der Waals surface area contributed by atoms with Gasteiger partial charge in [0.15, 0.2) is 11.5 Å². The smallest absolute Gasteiger partial charge is 0.416 e. The van der Waals surface area contributed by atoms with Crippen LogP contribution in [0.2, 0.25) is 0 Å². The number of amides is 2. The minimum atomic E-state index is -4.50. The molecule has 190 valence electrons. The lowest BCUT2D eigenvalue weighted by molar-refractivity contribution is -0.137. The second-order valence-corrected chi connectivity index (χ2v) is 8.62. The monoisotopic (exact) mass is 502 g/mol. The van der Waals surface area contributed by atoms with E-state index in [1.807, 2.05) is 6.07 Å². The predicted molar refractivity (Wildman–Crippen MR) is 123 cm³/mol. The van der Waals surface area contributed by atoms with Gasteiger partial charge in [0.1, 0.15) is 12.3 Å². The number of alkyl halides is 3. The number of hydrogen-bond acceptors (Lipinski definition) is 5. The van der Waals surface area contributed by atoms with Crippen LogP contribution in [0.1, 0.15) is 41.1 Å². The lowest BCUT2D eigenvalue weighted by atomic mass is 10.1. The average Bonchev–Trinajstić information content (AvgIpc) is 3.52. The molecular formula is C26H25F3N2O5. The average molecular weight is 502 g/mol. The first-order valence-electron chi connectivity index (χ1n) is 11.3. The van der Waals surface area contributed by atoms with E-state index in [-0.39, 0.29) is 43.9 Å². The van der Waals surface area contributed by atoms with Crippen molar-refractivity contribution in [2.75, 3.05) is 13.3 Å². The first-order valence-corrected chi connectivity index (χ1v) is 11.3. The van der Waals surface area contributed by atoms with Crippen molar-refractivity contribution >= 4 is 11.8 Å². The molecule has 0 bridgehead atoms. The summed E-state index contributed by atoms with van der Waals surface area (Å²) in [6.07, 6.45) is -3.00. The zero-order chi connectivity index (χ0) is 25.9. The van der Waals surface area contributed by atoms with Crippen LogP contribution < -0.4 is 9.47 Å². The highest BCUT2D eigenvalue weighted by atomic mass is 19.4. The maximum atomic E-state index is 13.4. The van der Waals surface area contributed by atoms with Crippen LogP contribution in [0.5, 0.6) is 11.5 Å². The van der Waals surface area contributed by atoms with Gasteiger partial charge in [0.05, 0.1) is 18.4 Å². The quantitative estimate of drug-likeness (QED) is 0.428. The summed E-state index contributed by atoms with van der Waals surface area (Å²) in [5.41, 5.74) is 0.0155. The van der Waals surface area contributed by atoms with Gasteiger partial charge in [-0.2, -0.15) is 13.2 Å². The summed E-state index contributed by atoms with van der Waals surface area (Å²) in [5, 5.41) is 0. The number of halogens is 3. The van der Waals surface area contributed by atoms with Crippen LogP contribution in [0.15, 0.2) is 65.3 Å². The summed E-state index contributed by atoms with van der Waals surface area (Å²) >= 11 is 0. The SMILES string of the molecule is CC(C)N(CC(=O)N(Cc1ccc2c(c1)OCO2)Cc1ccco1)C(=O)c1ccc(C(F)(F)F)cc1. The Labute approximate surface area is 206 Å². The van der Waals surface area contributed by atoms with Crippen molar-refractivity contribution in [3.05, 3.63) is 83.3 Å². The van der Waals surface area contributed by atoms with E-state index in [1.54, 1.807) is 43.0 Å². The van der Waals surface area contributed by atoms with Gasteiger partial charge in [-0.3, -0.25) is 9.59 Å². The Balaban J connectivity index is 1.53. The van der Waals surface area contributed by atoms with E-state index in [9.17, 15) is 22.8 Å². The van der Waals surface area contributed by atoms with Gasteiger partial charge in [-0.05, 0) is 67.9 Å². The summed E-state index contributed by atoms with van der Waals surface area (Å²) in [6.45, 7) is 3.73. The molecule has 0 atom stereocenters. The largest absolute Gasteiger partial charge is 0.467 e. The van der Waals surface area contributed by atoms with Crippen molar-refractivity contribution in [3.8, 4) is 11.5 Å². The lowest BCUT2D eigenvalue weighted by Crippen LogP contribution is -2.45. The number of nitrogens with zero attached hydrogens (tertiary/aromatic N) is 2. The van der Waals surface area contributed by atoms with Gasteiger partial charge in [-0.1, -0.05) is 6.07 Å². The molecule has 1 aliphatic heterocycles. The Morgan fingerprint density at radius 3 is 2.33 bits per heavy atom. The van der Waals surface area contributed by atoms with Crippen LogP contribution >= 0.6 is 0 Å². The number of ether oxygens (including phenoxy) is 2. The standard InChI is InChI=1S/C26H25F3N2O5/c1-17(2)31(25(33)19-6-8-20(9-7-19)26(27,28)29)15-24(32)30(14-21-4-3-11-34-21)13-18-5-10-22-23(12-18)36-16-35-22/h3-12,17H,13-16H2,1-2H3. The third-order valence-electron chi connectivity index (χ3n) is 5.74. The Bertz CT molecular complexity index is 1210. The third-order valence-corrected chi connectivity index (χ3v) is 5.74. The maximum absolute atomic E-state index is 13.4. The molecule has 0 radical (unpaired) electrons. The van der Waals surface area contributed by atoms with E-state index in [4.69, 9.17) is 13.9 Å². The minimum absolute atomic E-state index is 0.0675. The van der Waals surface area contributed by atoms with Crippen LogP contribution in [0.4, 0.5) is 13.2 Å². The minimum Gasteiger partial charge on any atom is -0.467 e. The molecule has 0 saturated carbocycles. The van der Waals surface area contributed by atoms with Crippen LogP contribution in [-0.4, -0.2) is 41.0 Å². The normalized spacial score (nSPS) is 12.6. The molecule has 2 amide bonds. The molecule has 36 heavy (non-hydrogen) atoms. The summed E-state index contributed by atoms with van der Waals surface area (Å²) < 4.78 is 54.9. The molecule has 10 heteroatoms. The van der Waals surface area contributed by atoms with Crippen molar-refractivity contribution in [2.45, 2.75) is 39.2 Å². The molecule has 2 aromatic carbocycles. The van der Waals surface area contributed by atoms with Crippen molar-refractivity contribution in [3.63, 3.8) is 0 Å². The van der Waals surface area contributed by atoms with Crippen molar-refractivity contribution in [1.29, 1.82) is 0 Å². The van der Waals surface area contributed by atoms with Crippen LogP contribution in [0.25, 0.3) is 0 Å². The number of fused-ring (bicyclic) bond motifs is 1. The summed E-state index contributed by atoms with van der Waals surface area (Å²) in [7, 11) is 0. The molecule has 4 rings (SSSR count). The number of benzene rings is 2. The molecule has 1 aromatic heterocycles. The molecule has 0 unspecified atom stereocenters. The molecule has 0 spiro atoms. The second-order valence-electron chi connectivity index (χ2n) is 8.62. The fourth-order valence-corrected chi connectivity index (χ4v) is 3.78. The van der Waals surface area contributed by atoms with Gasteiger partial charge < -0.3 is 23.7 Å². The van der Waals surface area contributed by atoms with Gasteiger partial charge in [0.2, 0.25) is 12.7 Å². The fraction of sp³-hybridized carbons (Fsp3) is 0.308. The Morgan fingerprint density at radius 2 is 1.69 bits per heavy atom. The molecule has 2 heterocycles. The van der Waals surface area contributed by atoms with Crippen molar-refractivity contribution < 1.29 is 36.7 Å². The molecule has 0 N–H and O–H groups in total. The van der Waals surface area contributed by atoms with Crippen molar-refractivity contribution in [1.82, 2.24) is 9.80 Å². The Hall–Kier alpha value is -3.95. The van der Waals surface area contributed by atoms with E-state index in [0.717, 1.165) is 29.8 Å². The molecule has 1 aliphatic rings. The van der Waals surface area contributed by atoms with Gasteiger partial charge >= 0.3 is 6.18 Å². The van der Waals surface area contributed by atoms with E-state index in [2.05, 4.69) is 0 Å². The molecule has 0 fully saturated rings. The van der Waals surface area contributed by atoms with E-state index in [0.29, 0.717) is 17.3 Å². The molecule has 3 aromatic rings.